The Morgan fingerprint density at radius 1 is 1.08 bits per heavy atom. The third-order valence-corrected chi connectivity index (χ3v) is 7.92. The maximum absolute atomic E-state index is 13.0. The van der Waals surface area contributed by atoms with E-state index in [0.717, 1.165) is 64.6 Å². The van der Waals surface area contributed by atoms with E-state index in [1.165, 1.54) is 0 Å². The van der Waals surface area contributed by atoms with Crippen LogP contribution in [0.4, 0.5) is 0 Å². The normalized spacial score (nSPS) is 19.6. The molecule has 1 aliphatic heterocycles. The van der Waals surface area contributed by atoms with E-state index in [-0.39, 0.29) is 17.2 Å². The second-order valence-electron chi connectivity index (χ2n) is 7.46. The molecule has 6 heteroatoms. The average molecular weight is 379 g/mol. The van der Waals surface area contributed by atoms with Crippen LogP contribution in [0.25, 0.3) is 0 Å². The van der Waals surface area contributed by atoms with Gasteiger partial charge in [-0.2, -0.15) is 0 Å². The van der Waals surface area contributed by atoms with Crippen molar-refractivity contribution in [3.05, 3.63) is 29.8 Å². The van der Waals surface area contributed by atoms with Crippen LogP contribution in [-0.2, 0) is 9.84 Å². The quantitative estimate of drug-likeness (QED) is 0.826. The molecule has 3 rings (SSSR count). The molecule has 2 aliphatic rings. The molecular formula is C20H30N2O3S. The minimum Gasteiger partial charge on any atom is -0.336 e. The van der Waals surface area contributed by atoms with Gasteiger partial charge in [-0.05, 0) is 69.5 Å². The molecule has 1 N–H and O–H groups in total. The number of amides is 1. The lowest BCUT2D eigenvalue weighted by atomic mass is 10.0. The largest absolute Gasteiger partial charge is 0.336 e. The number of piperidine rings is 1. The number of rotatable bonds is 6. The molecule has 1 amide bonds. The summed E-state index contributed by atoms with van der Waals surface area (Å²) in [5, 5.41) is 3.08. The summed E-state index contributed by atoms with van der Waals surface area (Å²) in [7, 11) is -3.27. The number of sulfone groups is 1. The number of nitrogens with zero attached hydrogens (tertiary/aromatic N) is 1. The van der Waals surface area contributed by atoms with E-state index < -0.39 is 9.84 Å². The number of carbonyl (C=O) groups excluding carboxylic acids is 1. The number of benzene rings is 1. The third-order valence-electron chi connectivity index (χ3n) is 5.65. The smallest absolute Gasteiger partial charge is 0.254 e. The summed E-state index contributed by atoms with van der Waals surface area (Å²) < 4.78 is 25.4. The van der Waals surface area contributed by atoms with Crippen LogP contribution in [0.1, 0.15) is 62.2 Å². The highest BCUT2D eigenvalue weighted by Crippen LogP contribution is 2.29. The van der Waals surface area contributed by atoms with Crippen molar-refractivity contribution in [2.75, 3.05) is 19.6 Å². The second kappa shape index (κ2) is 8.53. The Hall–Kier alpha value is -1.40. The average Bonchev–Trinajstić information content (AvgIpc) is 3.22. The molecule has 0 spiro atoms. The molecular weight excluding hydrogens is 348 g/mol. The zero-order valence-electron chi connectivity index (χ0n) is 15.6. The third kappa shape index (κ3) is 4.12. The maximum atomic E-state index is 13.0. The Bertz CT molecular complexity index is 703. The highest BCUT2D eigenvalue weighted by atomic mass is 32.2. The van der Waals surface area contributed by atoms with E-state index in [9.17, 15) is 13.2 Å². The van der Waals surface area contributed by atoms with Crippen LogP contribution in [0.2, 0.25) is 0 Å². The summed E-state index contributed by atoms with van der Waals surface area (Å²) >= 11 is 0. The van der Waals surface area contributed by atoms with Crippen LogP contribution in [0.5, 0.6) is 0 Å². The highest BCUT2D eigenvalue weighted by Gasteiger charge is 2.31. The predicted molar refractivity (Wildman–Crippen MR) is 103 cm³/mol. The zero-order chi connectivity index (χ0) is 18.6. The molecule has 0 radical (unpaired) electrons. The number of carbonyl (C=O) groups is 1. The van der Waals surface area contributed by atoms with Gasteiger partial charge in [-0.3, -0.25) is 4.79 Å². The maximum Gasteiger partial charge on any atom is 0.254 e. The van der Waals surface area contributed by atoms with Crippen LogP contribution < -0.4 is 5.32 Å². The van der Waals surface area contributed by atoms with Crippen LogP contribution >= 0.6 is 0 Å². The van der Waals surface area contributed by atoms with Crippen molar-refractivity contribution in [2.45, 2.75) is 68.1 Å². The minimum absolute atomic E-state index is 0.0172. The molecule has 1 aromatic rings. The Balaban J connectivity index is 1.76. The van der Waals surface area contributed by atoms with Crippen molar-refractivity contribution < 1.29 is 13.2 Å². The Morgan fingerprint density at radius 2 is 1.69 bits per heavy atom. The molecule has 0 bridgehead atoms. The molecule has 1 aliphatic carbocycles. The van der Waals surface area contributed by atoms with E-state index in [4.69, 9.17) is 0 Å². The van der Waals surface area contributed by atoms with Gasteiger partial charge in [0.15, 0.2) is 9.84 Å². The van der Waals surface area contributed by atoms with Gasteiger partial charge in [0.05, 0.1) is 10.1 Å². The summed E-state index contributed by atoms with van der Waals surface area (Å²) in [5.41, 5.74) is 0.586. The van der Waals surface area contributed by atoms with Gasteiger partial charge in [0, 0.05) is 18.2 Å². The molecule has 5 nitrogen and oxygen atoms in total. The highest BCUT2D eigenvalue weighted by molar-refractivity contribution is 7.92. The van der Waals surface area contributed by atoms with E-state index in [0.29, 0.717) is 10.5 Å². The first kappa shape index (κ1) is 19.4. The molecule has 1 aromatic carbocycles. The summed E-state index contributed by atoms with van der Waals surface area (Å²) in [4.78, 5) is 15.3. The predicted octanol–water partition coefficient (Wildman–Crippen LogP) is 3.01. The topological polar surface area (TPSA) is 66.5 Å². The van der Waals surface area contributed by atoms with Gasteiger partial charge in [0.1, 0.15) is 0 Å². The van der Waals surface area contributed by atoms with Gasteiger partial charge >= 0.3 is 0 Å². The summed E-state index contributed by atoms with van der Waals surface area (Å²) in [5.74, 6) is 0.0172. The lowest BCUT2D eigenvalue weighted by molar-refractivity contribution is 0.0642. The van der Waals surface area contributed by atoms with Crippen LogP contribution in [0, 0.1) is 0 Å². The minimum atomic E-state index is -3.27. The van der Waals surface area contributed by atoms with Gasteiger partial charge in [0.25, 0.3) is 5.91 Å². The lowest BCUT2D eigenvalue weighted by Crippen LogP contribution is -2.46. The molecule has 26 heavy (non-hydrogen) atoms. The summed E-state index contributed by atoms with van der Waals surface area (Å²) in [6.45, 7) is 4.71. The van der Waals surface area contributed by atoms with Crippen molar-refractivity contribution in [3.8, 4) is 0 Å². The SMILES string of the molecule is CCCN(C(=O)c1ccc(S(=O)(=O)C2CCCC2)cc1)C1CCNCC1. The van der Waals surface area contributed by atoms with Crippen LogP contribution in [-0.4, -0.2) is 50.2 Å². The standard InChI is InChI=1S/C20H30N2O3S/c1-2-15-22(17-11-13-21-14-12-17)20(23)16-7-9-19(10-8-16)26(24,25)18-5-3-4-6-18/h7-10,17-18,21H,2-6,11-15H2,1H3. The van der Waals surface area contributed by atoms with Crippen molar-refractivity contribution in [1.29, 1.82) is 0 Å². The molecule has 144 valence electrons. The van der Waals surface area contributed by atoms with Crippen molar-refractivity contribution in [2.24, 2.45) is 0 Å². The fourth-order valence-corrected chi connectivity index (χ4v) is 6.01. The van der Waals surface area contributed by atoms with Gasteiger partial charge in [-0.15, -0.1) is 0 Å². The van der Waals surface area contributed by atoms with Gasteiger partial charge in [0.2, 0.25) is 0 Å². The Morgan fingerprint density at radius 3 is 2.27 bits per heavy atom. The van der Waals surface area contributed by atoms with E-state index in [2.05, 4.69) is 12.2 Å². The fraction of sp³-hybridized carbons (Fsp3) is 0.650. The Labute approximate surface area is 157 Å². The Kier molecular flexibility index (Phi) is 6.35. The van der Waals surface area contributed by atoms with E-state index in [1.807, 2.05) is 4.90 Å². The zero-order valence-corrected chi connectivity index (χ0v) is 16.4. The van der Waals surface area contributed by atoms with Crippen molar-refractivity contribution >= 4 is 15.7 Å². The number of hydrogen-bond acceptors (Lipinski definition) is 4. The second-order valence-corrected chi connectivity index (χ2v) is 9.68. The first-order valence-electron chi connectivity index (χ1n) is 9.89. The van der Waals surface area contributed by atoms with Crippen LogP contribution in [0.3, 0.4) is 0 Å². The fourth-order valence-electron chi connectivity index (χ4n) is 4.15. The summed E-state index contributed by atoms with van der Waals surface area (Å²) in [6, 6.07) is 6.88. The van der Waals surface area contributed by atoms with Gasteiger partial charge in [-0.25, -0.2) is 8.42 Å². The monoisotopic (exact) mass is 378 g/mol. The molecule has 0 unspecified atom stereocenters. The molecule has 0 aromatic heterocycles. The summed E-state index contributed by atoms with van der Waals surface area (Å²) in [6.07, 6.45) is 6.35. The molecule has 1 heterocycles. The molecule has 2 fully saturated rings. The first-order valence-corrected chi connectivity index (χ1v) is 11.4. The first-order chi connectivity index (χ1) is 12.5. The molecule has 1 saturated carbocycles. The van der Waals surface area contributed by atoms with Gasteiger partial charge < -0.3 is 10.2 Å². The van der Waals surface area contributed by atoms with Crippen molar-refractivity contribution in [1.82, 2.24) is 10.2 Å². The van der Waals surface area contributed by atoms with E-state index >= 15 is 0 Å². The molecule has 1 saturated heterocycles. The number of hydrogen-bond donors (Lipinski definition) is 1. The number of nitrogens with one attached hydrogen (secondary N) is 1. The lowest BCUT2D eigenvalue weighted by Gasteiger charge is -2.34. The molecule has 0 atom stereocenters. The van der Waals surface area contributed by atoms with Crippen LogP contribution in [0.15, 0.2) is 29.2 Å². The van der Waals surface area contributed by atoms with Crippen molar-refractivity contribution in [3.63, 3.8) is 0 Å². The van der Waals surface area contributed by atoms with E-state index in [1.54, 1.807) is 24.3 Å². The van der Waals surface area contributed by atoms with Gasteiger partial charge in [-0.1, -0.05) is 19.8 Å².